The number of carbonyl (C=O) groups is 1. The number of hydrogen-bond donors (Lipinski definition) is 0. The Hall–Kier alpha value is -1.09. The molecule has 0 spiro atoms. The molecule has 2 nitrogen and oxygen atoms in total. The second-order valence-electron chi connectivity index (χ2n) is 4.34. The van der Waals surface area contributed by atoms with Gasteiger partial charge in [0, 0.05) is 13.1 Å². The van der Waals surface area contributed by atoms with E-state index in [1.807, 2.05) is 12.1 Å². The molecule has 1 aromatic rings. The maximum atomic E-state index is 12.8. The van der Waals surface area contributed by atoms with Crippen molar-refractivity contribution < 1.29 is 9.18 Å². The maximum Gasteiger partial charge on any atom is 0.237 e. The molecule has 92 valence electrons. The molecular weight excluding hydrogens is 241 g/mol. The van der Waals surface area contributed by atoms with Gasteiger partial charge in [0.25, 0.3) is 0 Å². The average molecular weight is 256 g/mol. The topological polar surface area (TPSA) is 20.3 Å². The third-order valence-corrected chi connectivity index (χ3v) is 3.53. The van der Waals surface area contributed by atoms with Crippen LogP contribution in [0, 0.1) is 5.82 Å². The van der Waals surface area contributed by atoms with Crippen molar-refractivity contribution in [2.24, 2.45) is 0 Å². The molecule has 1 amide bonds. The van der Waals surface area contributed by atoms with Crippen molar-refractivity contribution in [2.75, 3.05) is 19.0 Å². The fourth-order valence-corrected chi connectivity index (χ4v) is 2.45. The molecule has 1 aliphatic heterocycles. The molecule has 0 aliphatic carbocycles. The molecule has 4 heteroatoms. The lowest BCUT2D eigenvalue weighted by atomic mass is 9.89. The Morgan fingerprint density at radius 2 is 1.88 bits per heavy atom. The van der Waals surface area contributed by atoms with E-state index in [0.29, 0.717) is 5.92 Å². The quantitative estimate of drug-likeness (QED) is 0.744. The molecule has 1 aromatic carbocycles. The summed E-state index contributed by atoms with van der Waals surface area (Å²) >= 11 is 5.52. The van der Waals surface area contributed by atoms with E-state index in [9.17, 15) is 9.18 Å². The number of piperidine rings is 1. The van der Waals surface area contributed by atoms with Crippen molar-refractivity contribution in [1.29, 1.82) is 0 Å². The van der Waals surface area contributed by atoms with Gasteiger partial charge < -0.3 is 4.90 Å². The molecule has 1 heterocycles. The van der Waals surface area contributed by atoms with Crippen molar-refractivity contribution in [3.63, 3.8) is 0 Å². The van der Waals surface area contributed by atoms with E-state index in [-0.39, 0.29) is 17.6 Å². The number of hydrogen-bond acceptors (Lipinski definition) is 1. The lowest BCUT2D eigenvalue weighted by Gasteiger charge is -2.31. The number of nitrogens with zero attached hydrogens (tertiary/aromatic N) is 1. The first-order chi connectivity index (χ1) is 8.20. The summed E-state index contributed by atoms with van der Waals surface area (Å²) in [4.78, 5) is 13.2. The zero-order valence-electron chi connectivity index (χ0n) is 9.53. The minimum absolute atomic E-state index is 0.00391. The van der Waals surface area contributed by atoms with Gasteiger partial charge in [-0.3, -0.25) is 4.79 Å². The molecule has 0 atom stereocenters. The van der Waals surface area contributed by atoms with Crippen molar-refractivity contribution in [1.82, 2.24) is 4.90 Å². The van der Waals surface area contributed by atoms with Crippen molar-refractivity contribution in [3.05, 3.63) is 35.6 Å². The SMILES string of the molecule is O=C(CCl)N1CCC(c2ccc(F)cc2)CC1. The molecule has 0 saturated carbocycles. The van der Waals surface area contributed by atoms with Gasteiger partial charge in [0.15, 0.2) is 0 Å². The van der Waals surface area contributed by atoms with Gasteiger partial charge in [0.1, 0.15) is 11.7 Å². The summed E-state index contributed by atoms with van der Waals surface area (Å²) in [5, 5.41) is 0. The van der Waals surface area contributed by atoms with E-state index in [2.05, 4.69) is 0 Å². The molecule has 1 aliphatic rings. The Morgan fingerprint density at radius 1 is 1.29 bits per heavy atom. The average Bonchev–Trinajstić information content (AvgIpc) is 2.39. The zero-order valence-corrected chi connectivity index (χ0v) is 10.3. The number of alkyl halides is 1. The Balaban J connectivity index is 1.95. The molecule has 0 unspecified atom stereocenters. The van der Waals surface area contributed by atoms with E-state index in [1.54, 1.807) is 4.90 Å². The second kappa shape index (κ2) is 5.50. The number of rotatable bonds is 2. The van der Waals surface area contributed by atoms with Crippen molar-refractivity contribution >= 4 is 17.5 Å². The van der Waals surface area contributed by atoms with Crippen LogP contribution in [0.1, 0.15) is 24.3 Å². The van der Waals surface area contributed by atoms with Gasteiger partial charge in [-0.1, -0.05) is 12.1 Å². The summed E-state index contributed by atoms with van der Waals surface area (Å²) in [6, 6.07) is 6.65. The Labute approximate surface area is 105 Å². The third-order valence-electron chi connectivity index (χ3n) is 3.30. The predicted octanol–water partition coefficient (Wildman–Crippen LogP) is 2.77. The Morgan fingerprint density at radius 3 is 2.41 bits per heavy atom. The minimum Gasteiger partial charge on any atom is -0.342 e. The number of likely N-dealkylation sites (tertiary alicyclic amines) is 1. The molecule has 2 rings (SSSR count). The summed E-state index contributed by atoms with van der Waals surface area (Å²) in [6.45, 7) is 1.49. The molecule has 0 aromatic heterocycles. The fraction of sp³-hybridized carbons (Fsp3) is 0.462. The lowest BCUT2D eigenvalue weighted by molar-refractivity contribution is -0.129. The minimum atomic E-state index is -0.205. The van der Waals surface area contributed by atoms with Crippen LogP contribution in [0.2, 0.25) is 0 Å². The van der Waals surface area contributed by atoms with Crippen LogP contribution in [-0.2, 0) is 4.79 Å². The summed E-state index contributed by atoms with van der Waals surface area (Å²) in [6.07, 6.45) is 1.85. The predicted molar refractivity (Wildman–Crippen MR) is 65.7 cm³/mol. The molecule has 0 radical (unpaired) electrons. The van der Waals surface area contributed by atoms with Crippen molar-refractivity contribution in [3.8, 4) is 0 Å². The highest BCUT2D eigenvalue weighted by molar-refractivity contribution is 6.27. The van der Waals surface area contributed by atoms with E-state index in [1.165, 1.54) is 12.1 Å². The van der Waals surface area contributed by atoms with Crippen LogP contribution in [0.15, 0.2) is 24.3 Å². The monoisotopic (exact) mass is 255 g/mol. The normalized spacial score (nSPS) is 17.2. The highest BCUT2D eigenvalue weighted by Crippen LogP contribution is 2.28. The number of benzene rings is 1. The highest BCUT2D eigenvalue weighted by atomic mass is 35.5. The largest absolute Gasteiger partial charge is 0.342 e. The highest BCUT2D eigenvalue weighted by Gasteiger charge is 2.23. The van der Waals surface area contributed by atoms with Gasteiger partial charge in [-0.05, 0) is 36.5 Å². The first-order valence-corrected chi connectivity index (χ1v) is 6.33. The Bertz CT molecular complexity index is 385. The maximum absolute atomic E-state index is 12.8. The number of carbonyl (C=O) groups excluding carboxylic acids is 1. The van der Waals surface area contributed by atoms with E-state index in [0.717, 1.165) is 31.5 Å². The summed E-state index contributed by atoms with van der Waals surface area (Å²) in [5.41, 5.74) is 1.16. The van der Waals surface area contributed by atoms with Crippen LogP contribution in [0.25, 0.3) is 0 Å². The van der Waals surface area contributed by atoms with Crippen LogP contribution in [-0.4, -0.2) is 29.8 Å². The number of halogens is 2. The van der Waals surface area contributed by atoms with Gasteiger partial charge in [0.05, 0.1) is 0 Å². The van der Waals surface area contributed by atoms with Gasteiger partial charge >= 0.3 is 0 Å². The van der Waals surface area contributed by atoms with E-state index < -0.39 is 0 Å². The molecule has 1 saturated heterocycles. The van der Waals surface area contributed by atoms with Crippen LogP contribution in [0.4, 0.5) is 4.39 Å². The summed E-state index contributed by atoms with van der Waals surface area (Å²) in [7, 11) is 0. The van der Waals surface area contributed by atoms with Crippen molar-refractivity contribution in [2.45, 2.75) is 18.8 Å². The van der Waals surface area contributed by atoms with Gasteiger partial charge in [0.2, 0.25) is 5.91 Å². The number of amides is 1. The van der Waals surface area contributed by atoms with Gasteiger partial charge in [-0.2, -0.15) is 0 Å². The van der Waals surface area contributed by atoms with Crippen LogP contribution >= 0.6 is 11.6 Å². The van der Waals surface area contributed by atoms with Crippen LogP contribution in [0.3, 0.4) is 0 Å². The molecular formula is C13H15ClFNO. The smallest absolute Gasteiger partial charge is 0.237 e. The molecule has 1 fully saturated rings. The first kappa shape index (κ1) is 12.4. The standard InChI is InChI=1S/C13H15ClFNO/c14-9-13(17)16-7-5-11(6-8-16)10-1-3-12(15)4-2-10/h1-4,11H,5-9H2. The second-order valence-corrected chi connectivity index (χ2v) is 4.61. The lowest BCUT2D eigenvalue weighted by Crippen LogP contribution is -2.38. The van der Waals surface area contributed by atoms with E-state index >= 15 is 0 Å². The van der Waals surface area contributed by atoms with Crippen LogP contribution in [0.5, 0.6) is 0 Å². The first-order valence-electron chi connectivity index (χ1n) is 5.80. The third kappa shape index (κ3) is 2.97. The fourth-order valence-electron chi connectivity index (χ4n) is 2.28. The Kier molecular flexibility index (Phi) is 4.00. The molecule has 0 N–H and O–H groups in total. The van der Waals surface area contributed by atoms with Crippen LogP contribution < -0.4 is 0 Å². The zero-order chi connectivity index (χ0) is 12.3. The molecule has 0 bridgehead atoms. The molecule has 17 heavy (non-hydrogen) atoms. The summed E-state index contributed by atoms with van der Waals surface area (Å²) < 4.78 is 12.8. The van der Waals surface area contributed by atoms with E-state index in [4.69, 9.17) is 11.6 Å². The van der Waals surface area contributed by atoms with Gasteiger partial charge in [-0.25, -0.2) is 4.39 Å². The van der Waals surface area contributed by atoms with Gasteiger partial charge in [-0.15, -0.1) is 11.6 Å². The summed E-state index contributed by atoms with van der Waals surface area (Å²) in [5.74, 6) is 0.281.